The molecular formula is C19H14BrN3O6. The van der Waals surface area contributed by atoms with Gasteiger partial charge in [-0.2, -0.15) is 0 Å². The number of fused-ring (bicyclic) bond motifs is 1. The number of rotatable bonds is 5. The molecule has 1 aliphatic heterocycles. The predicted octanol–water partition coefficient (Wildman–Crippen LogP) is 1.05. The zero-order chi connectivity index (χ0) is 21.0. The van der Waals surface area contributed by atoms with E-state index < -0.39 is 42.7 Å². The molecule has 0 spiro atoms. The van der Waals surface area contributed by atoms with E-state index in [1.807, 2.05) is 0 Å². The van der Waals surface area contributed by atoms with Gasteiger partial charge in [-0.15, -0.1) is 0 Å². The SMILES string of the molecule is O=C(COC(=O)CN1C(=O)c2ccccc2C1=O)NNC(=O)c1ccc(Br)cc1. The summed E-state index contributed by atoms with van der Waals surface area (Å²) in [7, 11) is 0. The van der Waals surface area contributed by atoms with Crippen molar-refractivity contribution in [2.24, 2.45) is 0 Å². The molecule has 9 nitrogen and oxygen atoms in total. The molecule has 0 bridgehead atoms. The molecule has 4 amide bonds. The largest absolute Gasteiger partial charge is 0.454 e. The Hall–Kier alpha value is -3.53. The van der Waals surface area contributed by atoms with Crippen LogP contribution in [-0.4, -0.2) is 47.6 Å². The smallest absolute Gasteiger partial charge is 0.326 e. The number of nitrogens with one attached hydrogen (secondary N) is 2. The first-order chi connectivity index (χ1) is 13.9. The van der Waals surface area contributed by atoms with Gasteiger partial charge in [-0.25, -0.2) is 0 Å². The molecule has 0 atom stereocenters. The van der Waals surface area contributed by atoms with Gasteiger partial charge >= 0.3 is 5.97 Å². The van der Waals surface area contributed by atoms with Gasteiger partial charge in [0.25, 0.3) is 23.6 Å². The molecule has 1 heterocycles. The van der Waals surface area contributed by atoms with Crippen molar-refractivity contribution in [2.75, 3.05) is 13.2 Å². The zero-order valence-corrected chi connectivity index (χ0v) is 16.4. The molecular weight excluding hydrogens is 446 g/mol. The third-order valence-electron chi connectivity index (χ3n) is 3.95. The van der Waals surface area contributed by atoms with Crippen LogP contribution in [0.1, 0.15) is 31.1 Å². The van der Waals surface area contributed by atoms with E-state index in [0.717, 1.165) is 9.37 Å². The van der Waals surface area contributed by atoms with Crippen molar-refractivity contribution in [3.8, 4) is 0 Å². The second-order valence-electron chi connectivity index (χ2n) is 5.91. The van der Waals surface area contributed by atoms with Crippen LogP contribution in [0, 0.1) is 0 Å². The molecule has 10 heteroatoms. The van der Waals surface area contributed by atoms with Gasteiger partial charge in [0, 0.05) is 10.0 Å². The highest BCUT2D eigenvalue weighted by atomic mass is 79.9. The topological polar surface area (TPSA) is 122 Å². The predicted molar refractivity (Wildman–Crippen MR) is 103 cm³/mol. The molecule has 3 rings (SSSR count). The lowest BCUT2D eigenvalue weighted by Crippen LogP contribution is -2.44. The van der Waals surface area contributed by atoms with Crippen molar-refractivity contribution in [1.82, 2.24) is 15.8 Å². The molecule has 148 valence electrons. The zero-order valence-electron chi connectivity index (χ0n) is 14.8. The Morgan fingerprint density at radius 3 is 2.07 bits per heavy atom. The van der Waals surface area contributed by atoms with Crippen LogP contribution in [0.2, 0.25) is 0 Å². The van der Waals surface area contributed by atoms with Crippen molar-refractivity contribution in [3.05, 3.63) is 69.7 Å². The number of benzene rings is 2. The highest BCUT2D eigenvalue weighted by molar-refractivity contribution is 9.10. The quantitative estimate of drug-likeness (QED) is 0.391. The third-order valence-corrected chi connectivity index (χ3v) is 4.48. The molecule has 0 unspecified atom stereocenters. The maximum atomic E-state index is 12.2. The van der Waals surface area contributed by atoms with Crippen LogP contribution < -0.4 is 10.9 Å². The first-order valence-electron chi connectivity index (χ1n) is 8.32. The average molecular weight is 460 g/mol. The fourth-order valence-corrected chi connectivity index (χ4v) is 2.80. The number of hydrogen-bond acceptors (Lipinski definition) is 6. The minimum Gasteiger partial charge on any atom is -0.454 e. The standard InChI is InChI=1S/C19H14BrN3O6/c20-12-7-5-11(6-8-12)17(26)22-21-15(24)10-29-16(25)9-23-18(27)13-3-1-2-4-14(13)19(23)28/h1-8H,9-10H2,(H,21,24)(H,22,26). The molecule has 0 saturated heterocycles. The lowest BCUT2D eigenvalue weighted by molar-refractivity contribution is -0.148. The highest BCUT2D eigenvalue weighted by Gasteiger charge is 2.36. The average Bonchev–Trinajstić information content (AvgIpc) is 2.96. The van der Waals surface area contributed by atoms with Gasteiger partial charge in [0.05, 0.1) is 11.1 Å². The minimum atomic E-state index is -0.936. The van der Waals surface area contributed by atoms with Gasteiger partial charge in [-0.05, 0) is 36.4 Å². The molecule has 2 aromatic carbocycles. The number of halogens is 1. The third kappa shape index (κ3) is 4.66. The second-order valence-corrected chi connectivity index (χ2v) is 6.83. The molecule has 2 N–H and O–H groups in total. The lowest BCUT2D eigenvalue weighted by Gasteiger charge is -2.13. The van der Waals surface area contributed by atoms with Gasteiger partial charge in [0.15, 0.2) is 6.61 Å². The van der Waals surface area contributed by atoms with E-state index in [1.54, 1.807) is 36.4 Å². The molecule has 1 aliphatic rings. The number of imide groups is 1. The number of hydrogen-bond donors (Lipinski definition) is 2. The van der Waals surface area contributed by atoms with E-state index in [0.29, 0.717) is 5.56 Å². The summed E-state index contributed by atoms with van der Waals surface area (Å²) >= 11 is 3.24. The van der Waals surface area contributed by atoms with Crippen LogP contribution in [0.15, 0.2) is 53.0 Å². The Kier molecular flexibility index (Phi) is 6.03. The van der Waals surface area contributed by atoms with E-state index in [9.17, 15) is 24.0 Å². The number of carbonyl (C=O) groups excluding carboxylic acids is 5. The number of amides is 4. The summed E-state index contributed by atoms with van der Waals surface area (Å²) in [5, 5.41) is 0. The Labute approximate surface area is 173 Å². The Bertz CT molecular complexity index is 970. The monoisotopic (exact) mass is 459 g/mol. The molecule has 29 heavy (non-hydrogen) atoms. The van der Waals surface area contributed by atoms with Crippen molar-refractivity contribution in [3.63, 3.8) is 0 Å². The van der Waals surface area contributed by atoms with Gasteiger partial charge in [0.2, 0.25) is 0 Å². The fraction of sp³-hybridized carbons (Fsp3) is 0.105. The van der Waals surface area contributed by atoms with Crippen LogP contribution in [-0.2, 0) is 14.3 Å². The number of ether oxygens (including phenoxy) is 1. The van der Waals surface area contributed by atoms with Crippen molar-refractivity contribution in [1.29, 1.82) is 0 Å². The fourth-order valence-electron chi connectivity index (χ4n) is 2.54. The van der Waals surface area contributed by atoms with Gasteiger partial charge in [-0.3, -0.25) is 39.7 Å². The first kappa shape index (κ1) is 20.2. The van der Waals surface area contributed by atoms with Gasteiger partial charge in [-0.1, -0.05) is 28.1 Å². The van der Waals surface area contributed by atoms with Crippen LogP contribution in [0.25, 0.3) is 0 Å². The van der Waals surface area contributed by atoms with E-state index >= 15 is 0 Å². The van der Waals surface area contributed by atoms with E-state index in [1.165, 1.54) is 12.1 Å². The molecule has 0 radical (unpaired) electrons. The lowest BCUT2D eigenvalue weighted by atomic mass is 10.1. The minimum absolute atomic E-state index is 0.207. The summed E-state index contributed by atoms with van der Waals surface area (Å²) in [5.74, 6) is -3.48. The normalized spacial score (nSPS) is 12.4. The van der Waals surface area contributed by atoms with Gasteiger partial charge in [0.1, 0.15) is 6.54 Å². The van der Waals surface area contributed by atoms with E-state index in [2.05, 4.69) is 26.8 Å². The number of carbonyl (C=O) groups is 5. The summed E-state index contributed by atoms with van der Waals surface area (Å²) in [6, 6.07) is 12.6. The molecule has 0 saturated carbocycles. The Morgan fingerprint density at radius 1 is 0.897 bits per heavy atom. The second kappa shape index (κ2) is 8.65. The first-order valence-corrected chi connectivity index (χ1v) is 9.11. The van der Waals surface area contributed by atoms with Gasteiger partial charge < -0.3 is 4.74 Å². The van der Waals surface area contributed by atoms with Crippen LogP contribution in [0.5, 0.6) is 0 Å². The number of hydrazine groups is 1. The highest BCUT2D eigenvalue weighted by Crippen LogP contribution is 2.22. The molecule has 0 aromatic heterocycles. The van der Waals surface area contributed by atoms with Crippen molar-refractivity contribution < 1.29 is 28.7 Å². The van der Waals surface area contributed by atoms with Crippen LogP contribution in [0.3, 0.4) is 0 Å². The van der Waals surface area contributed by atoms with Crippen LogP contribution >= 0.6 is 15.9 Å². The summed E-state index contributed by atoms with van der Waals surface area (Å²) < 4.78 is 5.55. The van der Waals surface area contributed by atoms with E-state index in [-0.39, 0.29) is 11.1 Å². The Balaban J connectivity index is 1.44. The maximum absolute atomic E-state index is 12.2. The van der Waals surface area contributed by atoms with Crippen LogP contribution in [0.4, 0.5) is 0 Å². The summed E-state index contributed by atoms with van der Waals surface area (Å²) in [6.07, 6.45) is 0. The van der Waals surface area contributed by atoms with E-state index in [4.69, 9.17) is 4.74 Å². The molecule has 0 fully saturated rings. The van der Waals surface area contributed by atoms with Crippen molar-refractivity contribution in [2.45, 2.75) is 0 Å². The van der Waals surface area contributed by atoms with Crippen molar-refractivity contribution >= 4 is 45.5 Å². The molecule has 2 aromatic rings. The number of nitrogens with zero attached hydrogens (tertiary/aromatic N) is 1. The maximum Gasteiger partial charge on any atom is 0.326 e. The summed E-state index contributed by atoms with van der Waals surface area (Å²) in [5.41, 5.74) is 5.01. The summed E-state index contributed by atoms with van der Waals surface area (Å²) in [4.78, 5) is 60.6. The Morgan fingerprint density at radius 2 is 1.48 bits per heavy atom. The number of esters is 1. The summed E-state index contributed by atoms with van der Waals surface area (Å²) in [6.45, 7) is -1.31. The molecule has 0 aliphatic carbocycles.